The van der Waals surface area contributed by atoms with Crippen LogP contribution in [0.2, 0.25) is 10.0 Å². The molecule has 0 unspecified atom stereocenters. The summed E-state index contributed by atoms with van der Waals surface area (Å²) in [7, 11) is 0. The van der Waals surface area contributed by atoms with Crippen molar-refractivity contribution in [3.63, 3.8) is 0 Å². The van der Waals surface area contributed by atoms with Gasteiger partial charge in [-0.25, -0.2) is 13.6 Å². The Kier molecular flexibility index (Phi) is 6.71. The molecule has 0 fully saturated rings. The largest absolute Gasteiger partial charge is 0.449 e. The number of ether oxygens (including phenoxy) is 1. The summed E-state index contributed by atoms with van der Waals surface area (Å²) < 4.78 is 31.9. The minimum atomic E-state index is -1.26. The van der Waals surface area contributed by atoms with Crippen molar-refractivity contribution in [2.24, 2.45) is 0 Å². The van der Waals surface area contributed by atoms with E-state index in [1.54, 1.807) is 18.2 Å². The van der Waals surface area contributed by atoms with E-state index in [1.165, 1.54) is 13.0 Å². The molecule has 0 heterocycles. The summed E-state index contributed by atoms with van der Waals surface area (Å²) in [5, 5.41) is 2.74. The first kappa shape index (κ1) is 19.9. The lowest BCUT2D eigenvalue weighted by Gasteiger charge is -2.13. The van der Waals surface area contributed by atoms with Crippen LogP contribution in [0.5, 0.6) is 0 Å². The summed E-state index contributed by atoms with van der Waals surface area (Å²) in [6, 6.07) is 7.90. The molecule has 1 atom stereocenters. The van der Waals surface area contributed by atoms with Crippen molar-refractivity contribution in [2.45, 2.75) is 13.0 Å². The van der Waals surface area contributed by atoms with Gasteiger partial charge in [0, 0.05) is 6.08 Å². The number of hydrogen-bond acceptors (Lipinski definition) is 3. The Morgan fingerprint density at radius 3 is 2.38 bits per heavy atom. The molecule has 0 radical (unpaired) electrons. The fourth-order valence-corrected chi connectivity index (χ4v) is 2.20. The summed E-state index contributed by atoms with van der Waals surface area (Å²) in [5.41, 5.74) is -0.00590. The topological polar surface area (TPSA) is 55.4 Å². The third kappa shape index (κ3) is 5.28. The fraction of sp³-hybridized carbons (Fsp3) is 0.111. The predicted molar refractivity (Wildman–Crippen MR) is 96.0 cm³/mol. The lowest BCUT2D eigenvalue weighted by atomic mass is 10.2. The molecule has 1 N–H and O–H groups in total. The molecule has 2 aromatic rings. The van der Waals surface area contributed by atoms with E-state index in [1.807, 2.05) is 5.32 Å². The van der Waals surface area contributed by atoms with Gasteiger partial charge in [0.2, 0.25) is 0 Å². The first-order valence-electron chi connectivity index (χ1n) is 7.36. The second-order valence-corrected chi connectivity index (χ2v) is 5.99. The second kappa shape index (κ2) is 8.78. The summed E-state index contributed by atoms with van der Waals surface area (Å²) in [4.78, 5) is 23.7. The molecule has 0 saturated heterocycles. The third-order valence-electron chi connectivity index (χ3n) is 3.23. The van der Waals surface area contributed by atoms with E-state index in [4.69, 9.17) is 27.9 Å². The molecule has 2 aromatic carbocycles. The lowest BCUT2D eigenvalue weighted by Crippen LogP contribution is -2.30. The Balaban J connectivity index is 1.96. The number of halogens is 4. The first-order chi connectivity index (χ1) is 12.3. The van der Waals surface area contributed by atoms with E-state index in [2.05, 4.69) is 0 Å². The van der Waals surface area contributed by atoms with Gasteiger partial charge in [-0.1, -0.05) is 35.3 Å². The highest BCUT2D eigenvalue weighted by Crippen LogP contribution is 2.23. The van der Waals surface area contributed by atoms with Gasteiger partial charge >= 0.3 is 5.97 Å². The van der Waals surface area contributed by atoms with Gasteiger partial charge in [0.05, 0.1) is 10.0 Å². The van der Waals surface area contributed by atoms with Crippen molar-refractivity contribution in [3.8, 4) is 0 Å². The van der Waals surface area contributed by atoms with Gasteiger partial charge in [0.1, 0.15) is 17.3 Å². The molecular formula is C18H13Cl2F2NO3. The molecule has 0 bridgehead atoms. The highest BCUT2D eigenvalue weighted by molar-refractivity contribution is 6.42. The number of amides is 1. The predicted octanol–water partition coefficient (Wildman–Crippen LogP) is 4.86. The monoisotopic (exact) mass is 399 g/mol. The van der Waals surface area contributed by atoms with Crippen LogP contribution in [0.3, 0.4) is 0 Å². The number of rotatable bonds is 5. The Morgan fingerprint density at radius 1 is 1.12 bits per heavy atom. The number of carbonyl (C=O) groups excluding carboxylic acids is 2. The van der Waals surface area contributed by atoms with Crippen molar-refractivity contribution in [3.05, 3.63) is 69.7 Å². The molecule has 0 aliphatic heterocycles. The maximum Gasteiger partial charge on any atom is 0.331 e. The van der Waals surface area contributed by atoms with Crippen molar-refractivity contribution >= 4 is 46.8 Å². The number of esters is 1. The van der Waals surface area contributed by atoms with E-state index in [-0.39, 0.29) is 0 Å². The molecule has 136 valence electrons. The standard InChI is InChI=1S/C18H13Cl2F2NO3/c1-10(18(25)23-17-14(21)3-2-4-15(17)22)26-16(24)8-6-11-5-7-12(19)13(20)9-11/h2-10H,1H3,(H,23,25)/b8-6+/t10-/m0/s1. The number of anilines is 1. The minimum Gasteiger partial charge on any atom is -0.449 e. The van der Waals surface area contributed by atoms with Crippen molar-refractivity contribution in [2.75, 3.05) is 5.32 Å². The van der Waals surface area contributed by atoms with Crippen LogP contribution in [0.1, 0.15) is 12.5 Å². The number of benzene rings is 2. The van der Waals surface area contributed by atoms with E-state index < -0.39 is 35.3 Å². The van der Waals surface area contributed by atoms with Crippen LogP contribution in [0.25, 0.3) is 6.08 Å². The van der Waals surface area contributed by atoms with Crippen molar-refractivity contribution in [1.82, 2.24) is 0 Å². The summed E-state index contributed by atoms with van der Waals surface area (Å²) in [5.74, 6) is -3.55. The minimum absolute atomic E-state index is 0.321. The van der Waals surface area contributed by atoms with Gasteiger partial charge in [-0.2, -0.15) is 0 Å². The van der Waals surface area contributed by atoms with E-state index in [0.29, 0.717) is 15.6 Å². The first-order valence-corrected chi connectivity index (χ1v) is 8.12. The zero-order chi connectivity index (χ0) is 19.3. The molecular weight excluding hydrogens is 387 g/mol. The highest BCUT2D eigenvalue weighted by atomic mass is 35.5. The van der Waals surface area contributed by atoms with E-state index >= 15 is 0 Å². The Morgan fingerprint density at radius 2 is 1.77 bits per heavy atom. The zero-order valence-corrected chi connectivity index (χ0v) is 14.9. The maximum absolute atomic E-state index is 13.5. The molecule has 1 amide bonds. The molecule has 0 aromatic heterocycles. The molecule has 4 nitrogen and oxygen atoms in total. The molecule has 0 spiro atoms. The molecule has 2 rings (SSSR count). The average Bonchev–Trinajstić information content (AvgIpc) is 2.59. The van der Waals surface area contributed by atoms with Gasteiger partial charge in [-0.3, -0.25) is 4.79 Å². The number of nitrogens with one attached hydrogen (secondary N) is 1. The van der Waals surface area contributed by atoms with E-state index in [9.17, 15) is 18.4 Å². The lowest BCUT2D eigenvalue weighted by molar-refractivity contribution is -0.148. The van der Waals surface area contributed by atoms with Gasteiger partial charge in [0.15, 0.2) is 6.10 Å². The summed E-state index contributed by atoms with van der Waals surface area (Å²) >= 11 is 11.7. The number of para-hydroxylation sites is 1. The molecule has 0 aliphatic carbocycles. The highest BCUT2D eigenvalue weighted by Gasteiger charge is 2.19. The van der Waals surface area contributed by atoms with Crippen LogP contribution >= 0.6 is 23.2 Å². The summed E-state index contributed by atoms with van der Waals surface area (Å²) in [6.07, 6.45) is 1.25. The molecule has 0 saturated carbocycles. The number of carbonyl (C=O) groups is 2. The van der Waals surface area contributed by atoms with Crippen LogP contribution in [0.4, 0.5) is 14.5 Å². The Labute approximate surface area is 158 Å². The van der Waals surface area contributed by atoms with Crippen LogP contribution < -0.4 is 5.32 Å². The Bertz CT molecular complexity index is 851. The van der Waals surface area contributed by atoms with E-state index in [0.717, 1.165) is 24.3 Å². The third-order valence-corrected chi connectivity index (χ3v) is 3.97. The van der Waals surface area contributed by atoms with Gasteiger partial charge in [-0.15, -0.1) is 0 Å². The van der Waals surface area contributed by atoms with Gasteiger partial charge < -0.3 is 10.1 Å². The van der Waals surface area contributed by atoms with Crippen LogP contribution in [-0.2, 0) is 14.3 Å². The SMILES string of the molecule is C[C@H](OC(=O)/C=C/c1ccc(Cl)c(Cl)c1)C(=O)Nc1c(F)cccc1F. The number of hydrogen-bond donors (Lipinski definition) is 1. The van der Waals surface area contributed by atoms with Gasteiger partial charge in [0.25, 0.3) is 5.91 Å². The molecule has 0 aliphatic rings. The fourth-order valence-electron chi connectivity index (χ4n) is 1.89. The average molecular weight is 400 g/mol. The molecule has 26 heavy (non-hydrogen) atoms. The maximum atomic E-state index is 13.5. The zero-order valence-electron chi connectivity index (χ0n) is 13.4. The normalized spacial score (nSPS) is 12.0. The van der Waals surface area contributed by atoms with Crippen LogP contribution in [0, 0.1) is 11.6 Å². The van der Waals surface area contributed by atoms with Crippen LogP contribution in [0.15, 0.2) is 42.5 Å². The second-order valence-electron chi connectivity index (χ2n) is 5.17. The van der Waals surface area contributed by atoms with Crippen LogP contribution in [-0.4, -0.2) is 18.0 Å². The van der Waals surface area contributed by atoms with Crippen molar-refractivity contribution in [1.29, 1.82) is 0 Å². The Hall–Kier alpha value is -2.44. The quantitative estimate of drug-likeness (QED) is 0.577. The smallest absolute Gasteiger partial charge is 0.331 e. The van der Waals surface area contributed by atoms with Crippen molar-refractivity contribution < 1.29 is 23.1 Å². The van der Waals surface area contributed by atoms with Gasteiger partial charge in [-0.05, 0) is 42.8 Å². The summed E-state index contributed by atoms with van der Waals surface area (Å²) in [6.45, 7) is 1.28. The molecule has 8 heteroatoms.